The van der Waals surface area contributed by atoms with Crippen LogP contribution in [-0.2, 0) is 9.59 Å². The van der Waals surface area contributed by atoms with E-state index in [0.29, 0.717) is 12.8 Å². The Hall–Kier alpha value is -1.16. The fourth-order valence-electron chi connectivity index (χ4n) is 2.77. The Morgan fingerprint density at radius 2 is 1.74 bits per heavy atom. The summed E-state index contributed by atoms with van der Waals surface area (Å²) in [7, 11) is 0. The molecule has 19 heavy (non-hydrogen) atoms. The van der Waals surface area contributed by atoms with Crippen LogP contribution in [0.4, 0.5) is 0 Å². The Morgan fingerprint density at radius 1 is 1.11 bits per heavy atom. The number of carboxylic acid groups (broad SMARTS) is 1. The highest BCUT2D eigenvalue weighted by Gasteiger charge is 2.41. The van der Waals surface area contributed by atoms with Crippen molar-refractivity contribution in [1.29, 1.82) is 0 Å². The predicted octanol–water partition coefficient (Wildman–Crippen LogP) is 2.55. The van der Waals surface area contributed by atoms with Crippen LogP contribution in [0.2, 0.25) is 0 Å². The van der Waals surface area contributed by atoms with E-state index in [2.05, 4.69) is 6.58 Å². The van der Waals surface area contributed by atoms with Crippen molar-refractivity contribution in [2.24, 2.45) is 11.8 Å². The van der Waals surface area contributed by atoms with Gasteiger partial charge in [0.25, 0.3) is 0 Å². The maximum atomic E-state index is 12.0. The van der Waals surface area contributed by atoms with Gasteiger partial charge < -0.3 is 10.2 Å². The van der Waals surface area contributed by atoms with E-state index in [1.807, 2.05) is 6.08 Å². The third-order valence-electron chi connectivity index (χ3n) is 3.85. The lowest BCUT2D eigenvalue weighted by Gasteiger charge is -2.13. The van der Waals surface area contributed by atoms with Gasteiger partial charge in [0, 0.05) is 12.3 Å². The number of aliphatic hydroxyl groups excluding tert-OH is 1. The van der Waals surface area contributed by atoms with Crippen molar-refractivity contribution >= 4 is 11.8 Å². The fourth-order valence-corrected chi connectivity index (χ4v) is 2.77. The SMILES string of the molecule is C=CCCCCCCC(=O)[C@@H]1C[C@@H](O)C[C@H]1C(=O)O. The molecule has 4 heteroatoms. The Labute approximate surface area is 114 Å². The number of ketones is 1. The average Bonchev–Trinajstić information content (AvgIpc) is 2.76. The summed E-state index contributed by atoms with van der Waals surface area (Å²) in [4.78, 5) is 23.0. The Balaban J connectivity index is 2.28. The van der Waals surface area contributed by atoms with Gasteiger partial charge in [0.15, 0.2) is 0 Å². The lowest BCUT2D eigenvalue weighted by Crippen LogP contribution is -2.25. The van der Waals surface area contributed by atoms with Crippen LogP contribution in [0.25, 0.3) is 0 Å². The largest absolute Gasteiger partial charge is 0.481 e. The van der Waals surface area contributed by atoms with Crippen LogP contribution in [0.3, 0.4) is 0 Å². The van der Waals surface area contributed by atoms with Crippen molar-refractivity contribution in [1.82, 2.24) is 0 Å². The molecule has 0 spiro atoms. The minimum absolute atomic E-state index is 0.00710. The zero-order valence-electron chi connectivity index (χ0n) is 11.4. The molecule has 0 radical (unpaired) electrons. The molecule has 0 bridgehead atoms. The van der Waals surface area contributed by atoms with Crippen LogP contribution in [-0.4, -0.2) is 28.1 Å². The highest BCUT2D eigenvalue weighted by molar-refractivity contribution is 5.86. The van der Waals surface area contributed by atoms with Crippen molar-refractivity contribution < 1.29 is 19.8 Å². The highest BCUT2D eigenvalue weighted by atomic mass is 16.4. The number of aliphatic hydroxyl groups is 1. The van der Waals surface area contributed by atoms with Gasteiger partial charge in [-0.1, -0.05) is 18.9 Å². The van der Waals surface area contributed by atoms with E-state index in [0.717, 1.165) is 32.1 Å². The number of allylic oxidation sites excluding steroid dienone is 1. The number of unbranched alkanes of at least 4 members (excludes halogenated alkanes) is 4. The first kappa shape index (κ1) is 15.9. The fraction of sp³-hybridized carbons (Fsp3) is 0.733. The lowest BCUT2D eigenvalue weighted by atomic mass is 9.89. The molecule has 2 N–H and O–H groups in total. The second kappa shape index (κ2) is 8.10. The molecular formula is C15H24O4. The van der Waals surface area contributed by atoms with Crippen LogP contribution in [0, 0.1) is 11.8 Å². The summed E-state index contributed by atoms with van der Waals surface area (Å²) in [5.41, 5.74) is 0. The van der Waals surface area contributed by atoms with E-state index in [1.54, 1.807) is 0 Å². The zero-order chi connectivity index (χ0) is 14.3. The van der Waals surface area contributed by atoms with E-state index in [9.17, 15) is 14.7 Å². The van der Waals surface area contributed by atoms with Gasteiger partial charge in [-0.05, 0) is 32.1 Å². The van der Waals surface area contributed by atoms with Crippen molar-refractivity contribution in [3.8, 4) is 0 Å². The number of carbonyl (C=O) groups excluding carboxylic acids is 1. The number of carboxylic acids is 1. The summed E-state index contributed by atoms with van der Waals surface area (Å²) in [5, 5.41) is 18.6. The number of rotatable bonds is 9. The first-order chi connectivity index (χ1) is 9.06. The van der Waals surface area contributed by atoms with Gasteiger partial charge >= 0.3 is 5.97 Å². The first-order valence-corrected chi connectivity index (χ1v) is 7.10. The molecule has 1 saturated carbocycles. The second-order valence-electron chi connectivity index (χ2n) is 5.38. The van der Waals surface area contributed by atoms with Gasteiger partial charge in [-0.3, -0.25) is 9.59 Å². The topological polar surface area (TPSA) is 74.6 Å². The summed E-state index contributed by atoms with van der Waals surface area (Å²) < 4.78 is 0. The number of aliphatic carboxylic acids is 1. The van der Waals surface area contributed by atoms with Gasteiger partial charge in [-0.2, -0.15) is 0 Å². The first-order valence-electron chi connectivity index (χ1n) is 7.10. The lowest BCUT2D eigenvalue weighted by molar-refractivity contribution is -0.145. The Bertz CT molecular complexity index is 324. The molecule has 0 amide bonds. The molecule has 4 nitrogen and oxygen atoms in total. The minimum atomic E-state index is -0.958. The summed E-state index contributed by atoms with van der Waals surface area (Å²) in [6.45, 7) is 3.66. The summed E-state index contributed by atoms with van der Waals surface area (Å²) >= 11 is 0. The van der Waals surface area contributed by atoms with Gasteiger partial charge in [0.05, 0.1) is 12.0 Å². The smallest absolute Gasteiger partial charge is 0.307 e. The standard InChI is InChI=1S/C15H24O4/c1-2-3-4-5-6-7-8-14(17)12-9-11(16)10-13(12)15(18)19/h2,11-13,16H,1,3-10H2,(H,18,19)/t11-,12-,13-/m1/s1. The minimum Gasteiger partial charge on any atom is -0.481 e. The maximum absolute atomic E-state index is 12.0. The maximum Gasteiger partial charge on any atom is 0.307 e. The molecule has 1 fully saturated rings. The van der Waals surface area contributed by atoms with E-state index in [4.69, 9.17) is 5.11 Å². The number of hydrogen-bond acceptors (Lipinski definition) is 3. The van der Waals surface area contributed by atoms with Gasteiger partial charge in [-0.25, -0.2) is 0 Å². The molecule has 1 aliphatic carbocycles. The molecule has 0 aliphatic heterocycles. The molecule has 0 heterocycles. The molecular weight excluding hydrogens is 244 g/mol. The van der Waals surface area contributed by atoms with Crippen molar-refractivity contribution in [3.63, 3.8) is 0 Å². The van der Waals surface area contributed by atoms with Crippen LogP contribution in [0.5, 0.6) is 0 Å². The van der Waals surface area contributed by atoms with Gasteiger partial charge in [-0.15, -0.1) is 6.58 Å². The molecule has 1 aliphatic rings. The van der Waals surface area contributed by atoms with Crippen LogP contribution in [0.1, 0.15) is 51.4 Å². The number of carbonyl (C=O) groups is 2. The molecule has 1 rings (SSSR count). The van der Waals surface area contributed by atoms with Crippen molar-refractivity contribution in [3.05, 3.63) is 12.7 Å². The molecule has 0 aromatic rings. The van der Waals surface area contributed by atoms with Crippen LogP contribution < -0.4 is 0 Å². The third-order valence-corrected chi connectivity index (χ3v) is 3.85. The number of Topliss-reactive ketones (excluding diaryl/α,β-unsaturated/α-hetero) is 1. The normalized spacial score (nSPS) is 26.3. The summed E-state index contributed by atoms with van der Waals surface area (Å²) in [6.07, 6.45) is 7.20. The molecule has 0 saturated heterocycles. The number of hydrogen-bond donors (Lipinski definition) is 2. The molecule has 0 aromatic heterocycles. The van der Waals surface area contributed by atoms with Gasteiger partial charge in [0.2, 0.25) is 0 Å². The summed E-state index contributed by atoms with van der Waals surface area (Å²) in [5.74, 6) is -2.13. The zero-order valence-corrected chi connectivity index (χ0v) is 11.4. The van der Waals surface area contributed by atoms with Crippen LogP contribution in [0.15, 0.2) is 12.7 Å². The Kier molecular flexibility index (Phi) is 6.78. The quantitative estimate of drug-likeness (QED) is 0.498. The molecule has 3 atom stereocenters. The Morgan fingerprint density at radius 3 is 2.37 bits per heavy atom. The van der Waals surface area contributed by atoms with Crippen molar-refractivity contribution in [2.75, 3.05) is 0 Å². The molecule has 0 aromatic carbocycles. The second-order valence-corrected chi connectivity index (χ2v) is 5.38. The van der Waals surface area contributed by atoms with E-state index in [-0.39, 0.29) is 12.2 Å². The monoisotopic (exact) mass is 268 g/mol. The average molecular weight is 268 g/mol. The highest BCUT2D eigenvalue weighted by Crippen LogP contribution is 2.34. The predicted molar refractivity (Wildman–Crippen MR) is 72.8 cm³/mol. The van der Waals surface area contributed by atoms with E-state index >= 15 is 0 Å². The van der Waals surface area contributed by atoms with Crippen molar-refractivity contribution in [2.45, 2.75) is 57.5 Å². The van der Waals surface area contributed by atoms with Gasteiger partial charge in [0.1, 0.15) is 5.78 Å². The third kappa shape index (κ3) is 5.15. The summed E-state index contributed by atoms with van der Waals surface area (Å²) in [6, 6.07) is 0. The van der Waals surface area contributed by atoms with E-state index < -0.39 is 23.9 Å². The van der Waals surface area contributed by atoms with Crippen LogP contribution >= 0.6 is 0 Å². The molecule has 108 valence electrons. The molecule has 0 unspecified atom stereocenters. The van der Waals surface area contributed by atoms with E-state index in [1.165, 1.54) is 0 Å².